The van der Waals surface area contributed by atoms with Crippen molar-refractivity contribution in [3.8, 4) is 0 Å². The quantitative estimate of drug-likeness (QED) is 0.314. The molecule has 0 bridgehead atoms. The number of aliphatic imine (C=N–C) groups is 1. The molecule has 1 fully saturated rings. The van der Waals surface area contributed by atoms with Crippen LogP contribution in [0.2, 0.25) is 0 Å². The molecule has 1 saturated heterocycles. The first-order chi connectivity index (χ1) is 13.8. The lowest BCUT2D eigenvalue weighted by atomic mass is 10.2. The van der Waals surface area contributed by atoms with E-state index < -0.39 is 0 Å². The van der Waals surface area contributed by atoms with Gasteiger partial charge in [0.2, 0.25) is 0 Å². The van der Waals surface area contributed by atoms with Gasteiger partial charge in [-0.05, 0) is 12.0 Å². The van der Waals surface area contributed by atoms with Crippen LogP contribution in [0.5, 0.6) is 0 Å². The first-order valence-corrected chi connectivity index (χ1v) is 10.9. The lowest BCUT2D eigenvalue weighted by molar-refractivity contribution is 0.129. The third-order valence-corrected chi connectivity index (χ3v) is 6.16. The van der Waals surface area contributed by atoms with Crippen molar-refractivity contribution < 1.29 is 0 Å². The van der Waals surface area contributed by atoms with Gasteiger partial charge in [-0.1, -0.05) is 37.3 Å². The Morgan fingerprint density at radius 2 is 1.83 bits per heavy atom. The minimum absolute atomic E-state index is 0. The van der Waals surface area contributed by atoms with Crippen molar-refractivity contribution >= 4 is 41.3 Å². The van der Waals surface area contributed by atoms with Crippen LogP contribution in [0.15, 0.2) is 41.5 Å². The highest BCUT2D eigenvalue weighted by Crippen LogP contribution is 2.12. The fraction of sp³-hybridized carbons (Fsp3) is 0.524. The normalized spacial score (nSPS) is 15.7. The fourth-order valence-electron chi connectivity index (χ4n) is 3.32. The van der Waals surface area contributed by atoms with Crippen LogP contribution in [0.4, 0.5) is 0 Å². The summed E-state index contributed by atoms with van der Waals surface area (Å²) >= 11 is 1.76. The second-order valence-electron chi connectivity index (χ2n) is 7.03. The Bertz CT molecular complexity index is 728. The van der Waals surface area contributed by atoms with Crippen LogP contribution < -0.4 is 10.6 Å². The highest BCUT2D eigenvalue weighted by molar-refractivity contribution is 14.0. The van der Waals surface area contributed by atoms with Gasteiger partial charge in [-0.2, -0.15) is 0 Å². The third kappa shape index (κ3) is 8.19. The van der Waals surface area contributed by atoms with Gasteiger partial charge in [-0.3, -0.25) is 14.8 Å². The van der Waals surface area contributed by atoms with E-state index in [2.05, 4.69) is 67.7 Å². The molecule has 6 nitrogen and oxygen atoms in total. The number of nitrogens with one attached hydrogen (secondary N) is 2. The number of aryl methyl sites for hydroxylation is 1. The first-order valence-electron chi connectivity index (χ1n) is 10.1. The fourth-order valence-corrected chi connectivity index (χ4v) is 4.12. The Balaban J connectivity index is 0.00000300. The number of guanidine groups is 1. The molecule has 1 aromatic heterocycles. The summed E-state index contributed by atoms with van der Waals surface area (Å²) in [7, 11) is 1.82. The summed E-state index contributed by atoms with van der Waals surface area (Å²) in [4.78, 5) is 15.1. The molecule has 1 aromatic carbocycles. The van der Waals surface area contributed by atoms with Crippen LogP contribution in [0, 0.1) is 0 Å². The smallest absolute Gasteiger partial charge is 0.191 e. The Kier molecular flexibility index (Phi) is 10.9. The van der Waals surface area contributed by atoms with E-state index in [1.54, 1.807) is 11.3 Å². The highest BCUT2D eigenvalue weighted by atomic mass is 127. The number of aromatic nitrogens is 1. The summed E-state index contributed by atoms with van der Waals surface area (Å²) in [6.45, 7) is 10.4. The highest BCUT2D eigenvalue weighted by Gasteiger charge is 2.16. The van der Waals surface area contributed by atoms with Gasteiger partial charge in [-0.15, -0.1) is 35.3 Å². The number of benzene rings is 1. The second-order valence-corrected chi connectivity index (χ2v) is 8.23. The number of nitrogens with zero attached hydrogens (tertiary/aromatic N) is 4. The topological polar surface area (TPSA) is 55.8 Å². The van der Waals surface area contributed by atoms with Crippen molar-refractivity contribution in [2.75, 3.05) is 46.3 Å². The molecule has 29 heavy (non-hydrogen) atoms. The van der Waals surface area contributed by atoms with Crippen molar-refractivity contribution in [1.82, 2.24) is 25.4 Å². The molecule has 2 heterocycles. The van der Waals surface area contributed by atoms with E-state index in [9.17, 15) is 0 Å². The second kappa shape index (κ2) is 13.1. The summed E-state index contributed by atoms with van der Waals surface area (Å²) < 4.78 is 0. The summed E-state index contributed by atoms with van der Waals surface area (Å²) in [6.07, 6.45) is 3.01. The predicted octanol–water partition coefficient (Wildman–Crippen LogP) is 2.81. The van der Waals surface area contributed by atoms with Gasteiger partial charge < -0.3 is 10.6 Å². The molecule has 0 amide bonds. The van der Waals surface area contributed by atoms with Crippen LogP contribution in [0.3, 0.4) is 0 Å². The third-order valence-electron chi connectivity index (χ3n) is 5.01. The molecular weight excluding hydrogens is 495 g/mol. The zero-order valence-electron chi connectivity index (χ0n) is 17.4. The number of rotatable bonds is 8. The van der Waals surface area contributed by atoms with Gasteiger partial charge in [0.15, 0.2) is 5.96 Å². The van der Waals surface area contributed by atoms with Crippen LogP contribution >= 0.6 is 35.3 Å². The molecule has 0 radical (unpaired) electrons. The van der Waals surface area contributed by atoms with Gasteiger partial charge in [-0.25, -0.2) is 4.98 Å². The Morgan fingerprint density at radius 3 is 2.48 bits per heavy atom. The largest absolute Gasteiger partial charge is 0.355 e. The average Bonchev–Trinajstić information content (AvgIpc) is 3.21. The van der Waals surface area contributed by atoms with Crippen molar-refractivity contribution in [1.29, 1.82) is 0 Å². The van der Waals surface area contributed by atoms with E-state index in [4.69, 9.17) is 0 Å². The molecular formula is C21H33IN6S. The van der Waals surface area contributed by atoms with E-state index in [1.165, 1.54) is 10.4 Å². The lowest BCUT2D eigenvalue weighted by Crippen LogP contribution is -2.48. The molecule has 2 N–H and O–H groups in total. The molecule has 0 spiro atoms. The van der Waals surface area contributed by atoms with Gasteiger partial charge in [0, 0.05) is 63.9 Å². The number of hydrogen-bond donors (Lipinski definition) is 2. The molecule has 3 rings (SSSR count). The Labute approximate surface area is 195 Å². The minimum atomic E-state index is 0. The zero-order chi connectivity index (χ0) is 19.6. The van der Waals surface area contributed by atoms with Crippen LogP contribution in [-0.2, 0) is 19.5 Å². The van der Waals surface area contributed by atoms with Crippen molar-refractivity contribution in [3.63, 3.8) is 0 Å². The van der Waals surface area contributed by atoms with E-state index in [1.807, 2.05) is 13.2 Å². The number of hydrogen-bond acceptors (Lipinski definition) is 5. The molecule has 0 unspecified atom stereocenters. The molecule has 2 aromatic rings. The van der Waals surface area contributed by atoms with Gasteiger partial charge in [0.1, 0.15) is 5.01 Å². The molecule has 160 valence electrons. The maximum atomic E-state index is 4.44. The first kappa shape index (κ1) is 24.0. The monoisotopic (exact) mass is 528 g/mol. The number of piperazine rings is 1. The predicted molar refractivity (Wildman–Crippen MR) is 133 cm³/mol. The Morgan fingerprint density at radius 1 is 1.10 bits per heavy atom. The summed E-state index contributed by atoms with van der Waals surface area (Å²) in [5.74, 6) is 0.843. The maximum Gasteiger partial charge on any atom is 0.191 e. The zero-order valence-corrected chi connectivity index (χ0v) is 20.6. The maximum absolute atomic E-state index is 4.44. The molecule has 0 aliphatic carbocycles. The van der Waals surface area contributed by atoms with Crippen LogP contribution in [0.25, 0.3) is 0 Å². The SMILES string of the molecule is CCc1cnc(CNC(=NC)NCCN2CCN(Cc3ccccc3)CC2)s1.I. The molecule has 0 saturated carbocycles. The number of halogens is 1. The molecule has 0 atom stereocenters. The van der Waals surface area contributed by atoms with Crippen LogP contribution in [-0.4, -0.2) is 67.1 Å². The van der Waals surface area contributed by atoms with E-state index in [0.29, 0.717) is 0 Å². The number of thiazole rings is 1. The summed E-state index contributed by atoms with van der Waals surface area (Å²) in [5.41, 5.74) is 1.40. The Hall–Kier alpha value is -1.23. The van der Waals surface area contributed by atoms with Crippen molar-refractivity contribution in [2.24, 2.45) is 4.99 Å². The minimum Gasteiger partial charge on any atom is -0.355 e. The summed E-state index contributed by atoms with van der Waals surface area (Å²) in [6, 6.07) is 10.7. The molecule has 8 heteroatoms. The van der Waals surface area contributed by atoms with Crippen molar-refractivity contribution in [2.45, 2.75) is 26.4 Å². The average molecular weight is 529 g/mol. The van der Waals surface area contributed by atoms with E-state index in [0.717, 1.165) is 69.7 Å². The van der Waals surface area contributed by atoms with Gasteiger partial charge in [0.25, 0.3) is 0 Å². The van der Waals surface area contributed by atoms with Gasteiger partial charge in [0.05, 0.1) is 6.54 Å². The molecule has 1 aliphatic heterocycles. The van der Waals surface area contributed by atoms with E-state index in [-0.39, 0.29) is 24.0 Å². The summed E-state index contributed by atoms with van der Waals surface area (Å²) in [5, 5.41) is 7.88. The molecule has 1 aliphatic rings. The van der Waals surface area contributed by atoms with Crippen molar-refractivity contribution in [3.05, 3.63) is 52.0 Å². The standard InChI is InChI=1S/C21H32N6S.HI/c1-3-19-15-24-20(28-19)16-25-21(22-2)23-9-10-26-11-13-27(14-12-26)17-18-7-5-4-6-8-18;/h4-8,15H,3,9-14,16-17H2,1-2H3,(H2,22,23,25);1H. The lowest BCUT2D eigenvalue weighted by Gasteiger charge is -2.34. The van der Waals surface area contributed by atoms with Crippen LogP contribution in [0.1, 0.15) is 22.4 Å². The van der Waals surface area contributed by atoms with Gasteiger partial charge >= 0.3 is 0 Å². The van der Waals surface area contributed by atoms with E-state index >= 15 is 0 Å².